The highest BCUT2D eigenvalue weighted by Crippen LogP contribution is 2.26. The number of methoxy groups -OCH3 is 1. The van der Waals surface area contributed by atoms with Crippen molar-refractivity contribution in [1.82, 2.24) is 9.88 Å². The summed E-state index contributed by atoms with van der Waals surface area (Å²) < 4.78 is 4.62. The summed E-state index contributed by atoms with van der Waals surface area (Å²) in [6.45, 7) is 0.839. The van der Waals surface area contributed by atoms with Crippen LogP contribution < -0.4 is 0 Å². The molecule has 0 N–H and O–H groups in total. The van der Waals surface area contributed by atoms with Gasteiger partial charge in [-0.05, 0) is 32.0 Å². The lowest BCUT2D eigenvalue weighted by Gasteiger charge is -2.14. The minimum atomic E-state index is -0.338. The highest BCUT2D eigenvalue weighted by Gasteiger charge is 2.26. The molecule has 0 aromatic carbocycles. The molecule has 1 aliphatic rings. The Morgan fingerprint density at radius 3 is 2.81 bits per heavy atom. The molecule has 0 amide bonds. The van der Waals surface area contributed by atoms with E-state index in [1.807, 2.05) is 6.07 Å². The standard InChI is InChI=1S/C12H16N2O2/c1-14(11-5-6-11)8-10-4-3-9(7-13-10)12(15)16-2/h3-4,7,11H,5-6,8H2,1-2H3. The fraction of sp³-hybridized carbons (Fsp3) is 0.500. The van der Waals surface area contributed by atoms with Crippen LogP contribution in [0.25, 0.3) is 0 Å². The molecule has 1 heterocycles. The highest BCUT2D eigenvalue weighted by atomic mass is 16.5. The number of hydrogen-bond donors (Lipinski definition) is 0. The predicted octanol–water partition coefficient (Wildman–Crippen LogP) is 1.46. The van der Waals surface area contributed by atoms with Crippen LogP contribution in [0.4, 0.5) is 0 Å². The number of carbonyl (C=O) groups is 1. The quantitative estimate of drug-likeness (QED) is 0.720. The number of pyridine rings is 1. The van der Waals surface area contributed by atoms with Crippen molar-refractivity contribution < 1.29 is 9.53 Å². The molecule has 1 aromatic heterocycles. The molecule has 0 atom stereocenters. The van der Waals surface area contributed by atoms with Gasteiger partial charge in [-0.15, -0.1) is 0 Å². The summed E-state index contributed by atoms with van der Waals surface area (Å²) in [6, 6.07) is 4.36. The molecule has 1 saturated carbocycles. The van der Waals surface area contributed by atoms with Gasteiger partial charge in [-0.2, -0.15) is 0 Å². The lowest BCUT2D eigenvalue weighted by molar-refractivity contribution is 0.0600. The van der Waals surface area contributed by atoms with Gasteiger partial charge in [-0.25, -0.2) is 4.79 Å². The van der Waals surface area contributed by atoms with E-state index in [1.165, 1.54) is 20.0 Å². The number of rotatable bonds is 4. The smallest absolute Gasteiger partial charge is 0.339 e. The third-order valence-corrected chi connectivity index (χ3v) is 2.83. The lowest BCUT2D eigenvalue weighted by atomic mass is 10.2. The first-order valence-corrected chi connectivity index (χ1v) is 5.44. The Bertz CT molecular complexity index is 371. The summed E-state index contributed by atoms with van der Waals surface area (Å²) in [5.74, 6) is -0.338. The topological polar surface area (TPSA) is 42.4 Å². The molecule has 0 bridgehead atoms. The second-order valence-corrected chi connectivity index (χ2v) is 4.18. The molecule has 1 fully saturated rings. The number of hydrogen-bond acceptors (Lipinski definition) is 4. The molecule has 1 aliphatic carbocycles. The molecule has 1 aromatic rings. The first-order valence-electron chi connectivity index (χ1n) is 5.44. The summed E-state index contributed by atoms with van der Waals surface area (Å²) in [5.41, 5.74) is 1.49. The number of nitrogens with zero attached hydrogens (tertiary/aromatic N) is 2. The fourth-order valence-corrected chi connectivity index (χ4v) is 1.66. The SMILES string of the molecule is COC(=O)c1ccc(CN(C)C2CC2)nc1. The minimum absolute atomic E-state index is 0.338. The summed E-state index contributed by atoms with van der Waals surface area (Å²) >= 11 is 0. The number of carbonyl (C=O) groups excluding carboxylic acids is 1. The van der Waals surface area contributed by atoms with E-state index >= 15 is 0 Å². The van der Waals surface area contributed by atoms with Crippen LogP contribution in [-0.4, -0.2) is 36.1 Å². The van der Waals surface area contributed by atoms with Crippen molar-refractivity contribution in [2.75, 3.05) is 14.2 Å². The van der Waals surface area contributed by atoms with E-state index in [0.29, 0.717) is 5.56 Å². The first kappa shape index (κ1) is 11.1. The molecular formula is C12H16N2O2. The molecule has 4 heteroatoms. The van der Waals surface area contributed by atoms with Gasteiger partial charge < -0.3 is 4.74 Å². The van der Waals surface area contributed by atoms with E-state index in [1.54, 1.807) is 12.3 Å². The summed E-state index contributed by atoms with van der Waals surface area (Å²) in [7, 11) is 3.48. The lowest BCUT2D eigenvalue weighted by Crippen LogP contribution is -2.20. The Labute approximate surface area is 95.2 Å². The fourth-order valence-electron chi connectivity index (χ4n) is 1.66. The molecule has 0 unspecified atom stereocenters. The van der Waals surface area contributed by atoms with E-state index in [9.17, 15) is 4.79 Å². The largest absolute Gasteiger partial charge is 0.465 e. The molecule has 4 nitrogen and oxygen atoms in total. The van der Waals surface area contributed by atoms with E-state index in [0.717, 1.165) is 18.3 Å². The molecule has 0 aliphatic heterocycles. The Kier molecular flexibility index (Phi) is 3.19. The van der Waals surface area contributed by atoms with Crippen LogP contribution in [0.3, 0.4) is 0 Å². The van der Waals surface area contributed by atoms with E-state index < -0.39 is 0 Å². The monoisotopic (exact) mass is 220 g/mol. The van der Waals surface area contributed by atoms with Crippen molar-refractivity contribution in [2.24, 2.45) is 0 Å². The summed E-state index contributed by atoms with van der Waals surface area (Å²) in [5, 5.41) is 0. The Morgan fingerprint density at radius 2 is 2.31 bits per heavy atom. The van der Waals surface area contributed by atoms with Gasteiger partial charge in [-0.1, -0.05) is 0 Å². The molecular weight excluding hydrogens is 204 g/mol. The van der Waals surface area contributed by atoms with E-state index in [-0.39, 0.29) is 5.97 Å². The zero-order chi connectivity index (χ0) is 11.5. The number of esters is 1. The molecule has 0 radical (unpaired) electrons. The maximum atomic E-state index is 11.2. The maximum Gasteiger partial charge on any atom is 0.339 e. The van der Waals surface area contributed by atoms with Gasteiger partial charge in [-0.3, -0.25) is 9.88 Å². The van der Waals surface area contributed by atoms with Gasteiger partial charge in [0.25, 0.3) is 0 Å². The van der Waals surface area contributed by atoms with Crippen molar-refractivity contribution in [3.05, 3.63) is 29.6 Å². The molecule has 0 saturated heterocycles. The van der Waals surface area contributed by atoms with Gasteiger partial charge in [0.05, 0.1) is 18.4 Å². The van der Waals surface area contributed by atoms with Crippen LogP contribution in [0, 0.1) is 0 Å². The molecule has 86 valence electrons. The normalized spacial score (nSPS) is 15.2. The molecule has 16 heavy (non-hydrogen) atoms. The summed E-state index contributed by atoms with van der Waals surface area (Å²) in [4.78, 5) is 17.7. The minimum Gasteiger partial charge on any atom is -0.465 e. The Hall–Kier alpha value is -1.42. The van der Waals surface area contributed by atoms with Gasteiger partial charge >= 0.3 is 5.97 Å². The van der Waals surface area contributed by atoms with Gasteiger partial charge in [0.1, 0.15) is 0 Å². The first-order chi connectivity index (χ1) is 7.70. The second kappa shape index (κ2) is 4.61. The predicted molar refractivity (Wildman–Crippen MR) is 60.1 cm³/mol. The van der Waals surface area contributed by atoms with E-state index in [2.05, 4.69) is 21.7 Å². The number of aromatic nitrogens is 1. The Morgan fingerprint density at radius 1 is 1.56 bits per heavy atom. The Balaban J connectivity index is 1.98. The summed E-state index contributed by atoms with van der Waals surface area (Å²) in [6.07, 6.45) is 4.15. The van der Waals surface area contributed by atoms with Crippen molar-refractivity contribution in [3.8, 4) is 0 Å². The van der Waals surface area contributed by atoms with Gasteiger partial charge in [0.15, 0.2) is 0 Å². The maximum absolute atomic E-state index is 11.2. The highest BCUT2D eigenvalue weighted by molar-refractivity contribution is 5.88. The van der Waals surface area contributed by atoms with Crippen molar-refractivity contribution in [2.45, 2.75) is 25.4 Å². The third-order valence-electron chi connectivity index (χ3n) is 2.83. The van der Waals surface area contributed by atoms with Crippen molar-refractivity contribution >= 4 is 5.97 Å². The van der Waals surface area contributed by atoms with E-state index in [4.69, 9.17) is 0 Å². The van der Waals surface area contributed by atoms with Crippen LogP contribution in [0.5, 0.6) is 0 Å². The molecule has 0 spiro atoms. The van der Waals surface area contributed by atoms with Gasteiger partial charge in [0, 0.05) is 18.8 Å². The van der Waals surface area contributed by atoms with Crippen LogP contribution in [-0.2, 0) is 11.3 Å². The van der Waals surface area contributed by atoms with Crippen LogP contribution in [0.2, 0.25) is 0 Å². The van der Waals surface area contributed by atoms with Crippen LogP contribution in [0.15, 0.2) is 18.3 Å². The van der Waals surface area contributed by atoms with Crippen molar-refractivity contribution in [3.63, 3.8) is 0 Å². The zero-order valence-corrected chi connectivity index (χ0v) is 9.64. The second-order valence-electron chi connectivity index (χ2n) is 4.18. The molecule has 2 rings (SSSR count). The zero-order valence-electron chi connectivity index (χ0n) is 9.64. The van der Waals surface area contributed by atoms with Crippen molar-refractivity contribution in [1.29, 1.82) is 0 Å². The number of ether oxygens (including phenoxy) is 1. The average molecular weight is 220 g/mol. The van der Waals surface area contributed by atoms with Gasteiger partial charge in [0.2, 0.25) is 0 Å². The van der Waals surface area contributed by atoms with Crippen LogP contribution >= 0.6 is 0 Å². The third kappa shape index (κ3) is 2.58. The average Bonchev–Trinajstić information content (AvgIpc) is 3.13. The van der Waals surface area contributed by atoms with Crippen LogP contribution in [0.1, 0.15) is 28.9 Å².